The van der Waals surface area contributed by atoms with Gasteiger partial charge in [-0.15, -0.1) is 11.8 Å². The van der Waals surface area contributed by atoms with Gasteiger partial charge in [-0.25, -0.2) is 4.79 Å². The zero-order valence-electron chi connectivity index (χ0n) is 16.3. The number of non-ortho nitro benzene ring substituents is 1. The molecular formula is C16H19N5O10S. The zero-order chi connectivity index (χ0) is 24.4. The van der Waals surface area contributed by atoms with E-state index in [2.05, 4.69) is 10.6 Å². The van der Waals surface area contributed by atoms with Crippen LogP contribution in [0.15, 0.2) is 23.1 Å². The average molecular weight is 473 g/mol. The van der Waals surface area contributed by atoms with Crippen LogP contribution >= 0.6 is 11.8 Å². The molecule has 174 valence electrons. The van der Waals surface area contributed by atoms with Gasteiger partial charge >= 0.3 is 11.9 Å². The van der Waals surface area contributed by atoms with Gasteiger partial charge in [0.05, 0.1) is 27.4 Å². The molecule has 1 rings (SSSR count). The van der Waals surface area contributed by atoms with Gasteiger partial charge < -0.3 is 26.6 Å². The number of carboxylic acid groups (broad SMARTS) is 2. The van der Waals surface area contributed by atoms with Crippen LogP contribution in [0.5, 0.6) is 0 Å². The second-order valence-corrected chi connectivity index (χ2v) is 7.20. The fourth-order valence-corrected chi connectivity index (χ4v) is 3.32. The fraction of sp³-hybridized carbons (Fsp3) is 0.375. The highest BCUT2D eigenvalue weighted by molar-refractivity contribution is 7.99. The van der Waals surface area contributed by atoms with Gasteiger partial charge in [-0.05, 0) is 12.5 Å². The summed E-state index contributed by atoms with van der Waals surface area (Å²) >= 11 is 0.716. The summed E-state index contributed by atoms with van der Waals surface area (Å²) in [6.07, 6.45) is -0.963. The minimum atomic E-state index is -1.56. The maximum Gasteiger partial charge on any atom is 0.326 e. The third kappa shape index (κ3) is 8.15. The topological polar surface area (TPSA) is 245 Å². The Balaban J connectivity index is 3.05. The van der Waals surface area contributed by atoms with Crippen LogP contribution in [0.25, 0.3) is 0 Å². The normalized spacial score (nSPS) is 12.3. The van der Waals surface area contributed by atoms with E-state index in [1.807, 2.05) is 0 Å². The van der Waals surface area contributed by atoms with E-state index in [0.717, 1.165) is 18.2 Å². The summed E-state index contributed by atoms with van der Waals surface area (Å²) in [6, 6.07) is -0.0856. The highest BCUT2D eigenvalue weighted by Crippen LogP contribution is 2.32. The molecule has 0 bridgehead atoms. The number of nitrogens with zero attached hydrogens (tertiary/aromatic N) is 2. The quantitative estimate of drug-likeness (QED) is 0.138. The van der Waals surface area contributed by atoms with Crippen molar-refractivity contribution in [3.05, 3.63) is 38.4 Å². The number of hydrogen-bond acceptors (Lipinski definition) is 10. The highest BCUT2D eigenvalue weighted by Gasteiger charge is 2.28. The number of nitrogens with one attached hydrogen (secondary N) is 2. The number of hydrogen-bond donors (Lipinski definition) is 5. The Morgan fingerprint density at radius 1 is 1.06 bits per heavy atom. The van der Waals surface area contributed by atoms with Gasteiger partial charge in [0.25, 0.3) is 11.4 Å². The van der Waals surface area contributed by atoms with E-state index in [1.54, 1.807) is 0 Å². The molecule has 0 aliphatic rings. The first-order valence-electron chi connectivity index (χ1n) is 8.76. The van der Waals surface area contributed by atoms with Crippen molar-refractivity contribution in [2.75, 3.05) is 12.3 Å². The third-order valence-corrected chi connectivity index (χ3v) is 5.01. The van der Waals surface area contributed by atoms with E-state index in [4.69, 9.17) is 10.8 Å². The van der Waals surface area contributed by atoms with E-state index >= 15 is 0 Å². The Bertz CT molecular complexity index is 924. The maximum absolute atomic E-state index is 12.5. The van der Waals surface area contributed by atoms with Crippen molar-refractivity contribution in [1.29, 1.82) is 0 Å². The Morgan fingerprint density at radius 3 is 2.22 bits per heavy atom. The van der Waals surface area contributed by atoms with E-state index in [-0.39, 0.29) is 10.6 Å². The number of carboxylic acids is 2. The summed E-state index contributed by atoms with van der Waals surface area (Å²) in [6.45, 7) is -0.506. The van der Waals surface area contributed by atoms with Gasteiger partial charge in [0, 0.05) is 18.2 Å². The van der Waals surface area contributed by atoms with E-state index in [1.165, 1.54) is 0 Å². The molecule has 2 amide bonds. The van der Waals surface area contributed by atoms with Gasteiger partial charge in [0.1, 0.15) is 12.1 Å². The van der Waals surface area contributed by atoms with Crippen LogP contribution in [0.4, 0.5) is 11.4 Å². The summed E-state index contributed by atoms with van der Waals surface area (Å²) in [5, 5.41) is 44.3. The van der Waals surface area contributed by atoms with E-state index in [0.29, 0.717) is 11.8 Å². The fourth-order valence-electron chi connectivity index (χ4n) is 2.29. The number of carbonyl (C=O) groups is 4. The molecule has 0 aromatic heterocycles. The molecule has 2 atom stereocenters. The lowest BCUT2D eigenvalue weighted by atomic mass is 10.1. The molecule has 0 spiro atoms. The largest absolute Gasteiger partial charge is 0.481 e. The molecular weight excluding hydrogens is 454 g/mol. The lowest BCUT2D eigenvalue weighted by Crippen LogP contribution is -2.53. The number of benzene rings is 1. The second kappa shape index (κ2) is 12.2. The van der Waals surface area contributed by atoms with Gasteiger partial charge in [-0.2, -0.15) is 0 Å². The molecule has 0 heterocycles. The summed E-state index contributed by atoms with van der Waals surface area (Å²) in [5.41, 5.74) is 4.09. The van der Waals surface area contributed by atoms with Gasteiger partial charge in [-0.1, -0.05) is 0 Å². The Morgan fingerprint density at radius 2 is 1.72 bits per heavy atom. The van der Waals surface area contributed by atoms with E-state index in [9.17, 15) is 44.5 Å². The molecule has 0 radical (unpaired) electrons. The van der Waals surface area contributed by atoms with Crippen LogP contribution in [0, 0.1) is 20.2 Å². The number of thioether (sulfide) groups is 1. The van der Waals surface area contributed by atoms with Crippen LogP contribution in [0.3, 0.4) is 0 Å². The number of amides is 2. The lowest BCUT2D eigenvalue weighted by molar-refractivity contribution is -0.396. The monoisotopic (exact) mass is 473 g/mol. The smallest absolute Gasteiger partial charge is 0.326 e. The molecule has 0 aliphatic heterocycles. The van der Waals surface area contributed by atoms with Crippen molar-refractivity contribution in [2.24, 2.45) is 5.73 Å². The van der Waals surface area contributed by atoms with Crippen molar-refractivity contribution in [3.63, 3.8) is 0 Å². The predicted molar refractivity (Wildman–Crippen MR) is 108 cm³/mol. The first kappa shape index (κ1) is 26.2. The van der Waals surface area contributed by atoms with Crippen LogP contribution < -0.4 is 16.4 Å². The van der Waals surface area contributed by atoms with Gasteiger partial charge in [0.2, 0.25) is 11.8 Å². The molecule has 16 heteroatoms. The first-order valence-corrected chi connectivity index (χ1v) is 9.74. The second-order valence-electron chi connectivity index (χ2n) is 6.13. The standard InChI is InChI=1S/C16H19N5O10S/c17-6-13(22)18-10(15(25)19-9(16(26)27)2-4-14(23)24)7-32-12-3-1-8(20(28)29)5-11(12)21(30)31/h1,3,5,9-10H,2,4,6-7,17H2,(H,18,22)(H,19,25)(H,23,24)(H,26,27)/t9-,10+/m1/s1. The summed E-state index contributed by atoms with van der Waals surface area (Å²) in [7, 11) is 0. The van der Waals surface area contributed by atoms with Crippen LogP contribution in [-0.2, 0) is 19.2 Å². The number of nitro benzene ring substituents is 2. The zero-order valence-corrected chi connectivity index (χ0v) is 17.1. The lowest BCUT2D eigenvalue weighted by Gasteiger charge is -2.21. The van der Waals surface area contributed by atoms with Gasteiger partial charge in [-0.3, -0.25) is 34.6 Å². The van der Waals surface area contributed by atoms with E-state index < -0.39 is 76.4 Å². The Hall–Kier alpha value is -3.79. The summed E-state index contributed by atoms with van der Waals surface area (Å²) < 4.78 is 0. The minimum absolute atomic E-state index is 0.0407. The number of aliphatic carboxylic acids is 2. The van der Waals surface area contributed by atoms with Crippen molar-refractivity contribution >= 4 is 46.9 Å². The number of carbonyl (C=O) groups excluding carboxylic acids is 2. The maximum atomic E-state index is 12.5. The van der Waals surface area contributed by atoms with Crippen molar-refractivity contribution in [3.8, 4) is 0 Å². The number of nitro groups is 2. The van der Waals surface area contributed by atoms with Crippen molar-refractivity contribution < 1.29 is 39.2 Å². The van der Waals surface area contributed by atoms with Crippen LogP contribution in [-0.4, -0.2) is 68.2 Å². The molecule has 0 fully saturated rings. The molecule has 0 saturated carbocycles. The minimum Gasteiger partial charge on any atom is -0.481 e. The molecule has 0 aliphatic carbocycles. The molecule has 6 N–H and O–H groups in total. The summed E-state index contributed by atoms with van der Waals surface area (Å²) in [5.74, 6) is -4.86. The molecule has 0 saturated heterocycles. The number of rotatable bonds is 13. The summed E-state index contributed by atoms with van der Waals surface area (Å²) in [4.78, 5) is 66.5. The SMILES string of the molecule is NCC(=O)N[C@@H](CSc1ccc([N+](=O)[O-])cc1[N+](=O)[O-])C(=O)N[C@H](CCC(=O)O)C(=O)O. The third-order valence-electron chi connectivity index (χ3n) is 3.85. The van der Waals surface area contributed by atoms with Gasteiger partial charge in [0.15, 0.2) is 0 Å². The molecule has 1 aromatic rings. The van der Waals surface area contributed by atoms with Crippen molar-refractivity contribution in [2.45, 2.75) is 29.8 Å². The predicted octanol–water partition coefficient (Wildman–Crippen LogP) is -0.527. The molecule has 0 unspecified atom stereocenters. The molecule has 32 heavy (non-hydrogen) atoms. The highest BCUT2D eigenvalue weighted by atomic mass is 32.2. The Kier molecular flexibility index (Phi) is 9.97. The average Bonchev–Trinajstić information content (AvgIpc) is 2.72. The van der Waals surface area contributed by atoms with Crippen LogP contribution in [0.1, 0.15) is 12.8 Å². The van der Waals surface area contributed by atoms with Crippen LogP contribution in [0.2, 0.25) is 0 Å². The molecule has 15 nitrogen and oxygen atoms in total. The van der Waals surface area contributed by atoms with Crippen molar-refractivity contribution in [1.82, 2.24) is 10.6 Å². The Labute approximate surface area is 183 Å². The number of nitrogens with two attached hydrogens (primary N) is 1. The first-order chi connectivity index (χ1) is 15.0. The molecule has 1 aromatic carbocycles.